The van der Waals surface area contributed by atoms with E-state index in [9.17, 15) is 0 Å². The van der Waals surface area contributed by atoms with E-state index >= 15 is 0 Å². The van der Waals surface area contributed by atoms with Crippen molar-refractivity contribution < 1.29 is 9.26 Å². The summed E-state index contributed by atoms with van der Waals surface area (Å²) in [5, 5.41) is 4.22. The topological polar surface area (TPSA) is 24.9 Å². The van der Waals surface area contributed by atoms with Gasteiger partial charge in [-0.1, -0.05) is 81.7 Å². The van der Waals surface area contributed by atoms with Gasteiger partial charge in [0.15, 0.2) is 0 Å². The van der Waals surface area contributed by atoms with Crippen molar-refractivity contribution in [3.05, 3.63) is 69.0 Å². The molecule has 34 heavy (non-hydrogen) atoms. The first-order valence-corrected chi connectivity index (χ1v) is 15.6. The Morgan fingerprint density at radius 2 is 1.62 bits per heavy atom. The first kappa shape index (κ1) is 25.6. The molecule has 1 aromatic rings. The number of hydrogen-bond donors (Lipinski definition) is 0. The van der Waals surface area contributed by atoms with E-state index in [4.69, 9.17) is 20.9 Å². The van der Waals surface area contributed by atoms with Crippen LogP contribution in [-0.2, 0) is 9.26 Å². The average Bonchev–Trinajstić information content (AvgIpc) is 3.15. The Morgan fingerprint density at radius 3 is 2.18 bits per heavy atom. The Morgan fingerprint density at radius 1 is 1.00 bits per heavy atom. The van der Waals surface area contributed by atoms with Crippen LogP contribution in [0.4, 0.5) is 0 Å². The van der Waals surface area contributed by atoms with Gasteiger partial charge in [-0.05, 0) is 39.6 Å². The number of alkyl halides is 1. The molecule has 1 aliphatic carbocycles. The van der Waals surface area contributed by atoms with Gasteiger partial charge in [-0.3, -0.25) is 4.84 Å². The minimum Gasteiger partial charge on any atom is -0.543 e. The molecule has 0 amide bonds. The number of benzene rings is 1. The molecule has 4 nitrogen and oxygen atoms in total. The molecule has 1 unspecified atom stereocenters. The van der Waals surface area contributed by atoms with Gasteiger partial charge < -0.3 is 9.33 Å². The van der Waals surface area contributed by atoms with Crippen molar-refractivity contribution in [3.63, 3.8) is 0 Å². The van der Waals surface area contributed by atoms with Crippen molar-refractivity contribution >= 4 is 47.2 Å². The summed E-state index contributed by atoms with van der Waals surface area (Å²) in [7, 11) is -0.378. The van der Waals surface area contributed by atoms with Gasteiger partial charge in [-0.2, -0.15) is 0 Å². The zero-order valence-electron chi connectivity index (χ0n) is 21.2. The monoisotopic (exact) mass is 562 g/mol. The zero-order valence-corrected chi connectivity index (χ0v) is 24.6. The standard InChI is InChI=1S/C27H36BrClN2O2Si/c1-17(2)34(18(3)4,19(5)6)33-21-14-24-22-10-8-9-11-23(22)27-30(32-7)16-20(12-13-29)31(27)26(24)25(28)15-21/h8-11,14-19,26H,12-13H2,1-7H3. The average molecular weight is 564 g/mol. The molecular weight excluding hydrogens is 528 g/mol. The normalized spacial score (nSPS) is 19.9. The van der Waals surface area contributed by atoms with Gasteiger partial charge >= 0.3 is 0 Å². The van der Waals surface area contributed by atoms with E-state index in [0.717, 1.165) is 33.4 Å². The summed E-state index contributed by atoms with van der Waals surface area (Å²) in [6.07, 6.45) is 7.27. The maximum atomic E-state index is 7.10. The highest BCUT2D eigenvalue weighted by atomic mass is 79.9. The molecule has 0 saturated carbocycles. The van der Waals surface area contributed by atoms with Crippen LogP contribution in [0.2, 0.25) is 16.6 Å². The fourth-order valence-corrected chi connectivity index (χ4v) is 12.2. The van der Waals surface area contributed by atoms with E-state index in [2.05, 4.69) is 105 Å². The summed E-state index contributed by atoms with van der Waals surface area (Å²) in [5.74, 6) is 2.54. The predicted molar refractivity (Wildman–Crippen MR) is 148 cm³/mol. The fraction of sp³-hybridized carbons (Fsp3) is 0.481. The van der Waals surface area contributed by atoms with Gasteiger partial charge in [-0.15, -0.1) is 11.6 Å². The number of fused-ring (bicyclic) bond motifs is 4. The zero-order chi connectivity index (χ0) is 24.8. The minimum atomic E-state index is -2.09. The van der Waals surface area contributed by atoms with Crippen LogP contribution >= 0.6 is 27.5 Å². The van der Waals surface area contributed by atoms with E-state index in [1.54, 1.807) is 7.11 Å². The summed E-state index contributed by atoms with van der Waals surface area (Å²) >= 11 is 10.2. The summed E-state index contributed by atoms with van der Waals surface area (Å²) in [5.41, 5.74) is 3.90. The first-order chi connectivity index (χ1) is 16.2. The molecule has 7 heteroatoms. The molecule has 0 spiro atoms. The van der Waals surface area contributed by atoms with Crippen LogP contribution < -0.4 is 10.4 Å². The lowest BCUT2D eigenvalue weighted by molar-refractivity contribution is -0.0381. The largest absolute Gasteiger partial charge is 0.543 e. The molecule has 2 aliphatic heterocycles. The van der Waals surface area contributed by atoms with Crippen molar-refractivity contribution in [1.82, 2.24) is 9.96 Å². The molecule has 1 atom stereocenters. The molecule has 1 aromatic carbocycles. The van der Waals surface area contributed by atoms with Crippen molar-refractivity contribution in [2.24, 2.45) is 0 Å². The van der Waals surface area contributed by atoms with Crippen LogP contribution in [0.3, 0.4) is 0 Å². The van der Waals surface area contributed by atoms with E-state index in [1.165, 1.54) is 10.8 Å². The third-order valence-corrected chi connectivity index (χ3v) is 14.3. The van der Waals surface area contributed by atoms with Gasteiger partial charge in [0.05, 0.1) is 19.4 Å². The first-order valence-electron chi connectivity index (χ1n) is 12.2. The molecule has 4 rings (SSSR count). The van der Waals surface area contributed by atoms with E-state index in [0.29, 0.717) is 22.5 Å². The molecule has 184 valence electrons. The molecule has 0 aromatic heterocycles. The van der Waals surface area contributed by atoms with Gasteiger partial charge in [0.1, 0.15) is 11.6 Å². The van der Waals surface area contributed by atoms with E-state index in [1.807, 2.05) is 5.06 Å². The van der Waals surface area contributed by atoms with Gasteiger partial charge in [0, 0.05) is 27.7 Å². The minimum absolute atomic E-state index is 0.0140. The molecule has 0 bridgehead atoms. The predicted octanol–water partition coefficient (Wildman–Crippen LogP) is 6.30. The lowest BCUT2D eigenvalue weighted by Gasteiger charge is -2.44. The summed E-state index contributed by atoms with van der Waals surface area (Å²) in [4.78, 5) is 8.11. The van der Waals surface area contributed by atoms with Crippen LogP contribution in [0.5, 0.6) is 0 Å². The SMILES string of the molecule is CON1C=C(CCCl)N2C1=c1ccccc1=C1C=C(O[Si](C(C)C)(C(C)C)C(C)C)C=C(Br)C12. The molecule has 3 aliphatic rings. The summed E-state index contributed by atoms with van der Waals surface area (Å²) in [6.45, 7) is 14.0. The Balaban J connectivity index is 1.93. The Kier molecular flexibility index (Phi) is 7.44. The molecular formula is C27H36BrClN2O2Si. The maximum Gasteiger partial charge on any atom is 0.258 e. The summed E-state index contributed by atoms with van der Waals surface area (Å²) < 4.78 is 8.19. The molecule has 0 fully saturated rings. The van der Waals surface area contributed by atoms with Crippen molar-refractivity contribution in [2.45, 2.75) is 70.6 Å². The molecule has 2 heterocycles. The third kappa shape index (κ3) is 4.00. The van der Waals surface area contributed by atoms with Crippen LogP contribution in [0.15, 0.2) is 58.6 Å². The third-order valence-electron chi connectivity index (χ3n) is 7.43. The highest BCUT2D eigenvalue weighted by molar-refractivity contribution is 9.11. The second-order valence-electron chi connectivity index (χ2n) is 10.2. The summed E-state index contributed by atoms with van der Waals surface area (Å²) in [6, 6.07) is 8.57. The highest BCUT2D eigenvalue weighted by Gasteiger charge is 2.48. The van der Waals surface area contributed by atoms with Crippen LogP contribution in [0, 0.1) is 0 Å². The maximum absolute atomic E-state index is 7.10. The molecule has 0 radical (unpaired) electrons. The van der Waals surface area contributed by atoms with Gasteiger partial charge in [-0.25, -0.2) is 5.06 Å². The van der Waals surface area contributed by atoms with Crippen molar-refractivity contribution in [3.8, 4) is 0 Å². The van der Waals surface area contributed by atoms with Crippen LogP contribution in [-0.4, -0.2) is 37.3 Å². The van der Waals surface area contributed by atoms with Crippen LogP contribution in [0.25, 0.3) is 11.4 Å². The van der Waals surface area contributed by atoms with Gasteiger partial charge in [0.25, 0.3) is 8.32 Å². The van der Waals surface area contributed by atoms with Crippen LogP contribution in [0.1, 0.15) is 48.0 Å². The van der Waals surface area contributed by atoms with Gasteiger partial charge in [0.2, 0.25) is 0 Å². The Bertz CT molecular complexity index is 1150. The lowest BCUT2D eigenvalue weighted by Crippen LogP contribution is -2.50. The Labute approximate surface area is 218 Å². The highest BCUT2D eigenvalue weighted by Crippen LogP contribution is 2.46. The fourth-order valence-electron chi connectivity index (χ4n) is 6.13. The van der Waals surface area contributed by atoms with E-state index in [-0.39, 0.29) is 6.04 Å². The number of rotatable bonds is 8. The molecule has 0 N–H and O–H groups in total. The Hall–Kier alpha value is -1.47. The number of hydrogen-bond acceptors (Lipinski definition) is 4. The lowest BCUT2D eigenvalue weighted by atomic mass is 9.93. The second-order valence-corrected chi connectivity index (χ2v) is 16.8. The van der Waals surface area contributed by atoms with Crippen molar-refractivity contribution in [2.75, 3.05) is 13.0 Å². The number of nitrogens with zero attached hydrogens (tertiary/aromatic N) is 2. The van der Waals surface area contributed by atoms with E-state index < -0.39 is 8.32 Å². The quantitative estimate of drug-likeness (QED) is 0.274. The number of halogens is 2. The number of hydroxylamine groups is 2. The second kappa shape index (κ2) is 9.88. The van der Waals surface area contributed by atoms with Crippen molar-refractivity contribution in [1.29, 1.82) is 0 Å². The smallest absolute Gasteiger partial charge is 0.258 e. The number of allylic oxidation sites excluding steroid dienone is 2. The molecule has 0 saturated heterocycles.